The average Bonchev–Trinajstić information content (AvgIpc) is 2.40. The van der Waals surface area contributed by atoms with Crippen molar-refractivity contribution in [1.29, 1.82) is 0 Å². The molecule has 5 nitrogen and oxygen atoms in total. The number of hydrogen-bond donors (Lipinski definition) is 2. The summed E-state index contributed by atoms with van der Waals surface area (Å²) in [6.45, 7) is 1.08. The molecule has 0 saturated carbocycles. The van der Waals surface area contributed by atoms with Crippen LogP contribution in [0.2, 0.25) is 0 Å². The van der Waals surface area contributed by atoms with Crippen molar-refractivity contribution < 1.29 is 18.3 Å². The summed E-state index contributed by atoms with van der Waals surface area (Å²) in [6, 6.07) is 5.91. The van der Waals surface area contributed by atoms with E-state index in [1.807, 2.05) is 0 Å². The van der Waals surface area contributed by atoms with Gasteiger partial charge in [0.25, 0.3) is 0 Å². The molecule has 1 aliphatic rings. The van der Waals surface area contributed by atoms with Gasteiger partial charge in [0.15, 0.2) is 0 Å². The third kappa shape index (κ3) is 3.92. The summed E-state index contributed by atoms with van der Waals surface area (Å²) in [5.74, 6) is -0.232. The van der Waals surface area contributed by atoms with E-state index in [0.717, 1.165) is 25.9 Å². The quantitative estimate of drug-likeness (QED) is 0.862. The van der Waals surface area contributed by atoms with Crippen LogP contribution in [0.15, 0.2) is 29.2 Å². The number of benzene rings is 1. The highest BCUT2D eigenvalue weighted by Crippen LogP contribution is 2.21. The van der Waals surface area contributed by atoms with E-state index in [1.54, 1.807) is 12.1 Å². The molecule has 0 aromatic heterocycles. The minimum absolute atomic E-state index is 0.0837. The van der Waals surface area contributed by atoms with Gasteiger partial charge >= 0.3 is 0 Å². The summed E-state index contributed by atoms with van der Waals surface area (Å²) in [5.41, 5.74) is 0. The highest BCUT2D eigenvalue weighted by atomic mass is 32.2. The number of hydrogen-bond acceptors (Lipinski definition) is 4. The van der Waals surface area contributed by atoms with Gasteiger partial charge in [-0.05, 0) is 37.8 Å². The lowest BCUT2D eigenvalue weighted by molar-refractivity contribution is 0.0123. The zero-order valence-corrected chi connectivity index (χ0v) is 11.5. The predicted molar refractivity (Wildman–Crippen MR) is 71.5 cm³/mol. The van der Waals surface area contributed by atoms with Crippen molar-refractivity contribution in [3.63, 3.8) is 0 Å². The van der Waals surface area contributed by atoms with Crippen LogP contribution >= 0.6 is 0 Å². The van der Waals surface area contributed by atoms with Crippen LogP contribution in [-0.4, -0.2) is 32.8 Å². The molecule has 0 aliphatic carbocycles. The minimum atomic E-state index is -3.65. The number of nitrogens with one attached hydrogen (secondary N) is 1. The summed E-state index contributed by atoms with van der Waals surface area (Å²) in [5, 5.41) is 9.55. The first-order valence-corrected chi connectivity index (χ1v) is 7.97. The van der Waals surface area contributed by atoms with Gasteiger partial charge in [0.1, 0.15) is 10.6 Å². The second-order valence-electron chi connectivity index (χ2n) is 4.64. The Bertz CT molecular complexity index is 509. The Kier molecular flexibility index (Phi) is 4.79. The normalized spacial score (nSPS) is 20.3. The molecule has 2 N–H and O–H groups in total. The minimum Gasteiger partial charge on any atom is -0.507 e. The number of ether oxygens (including phenoxy) is 1. The Labute approximate surface area is 113 Å². The van der Waals surface area contributed by atoms with Gasteiger partial charge in [-0.25, -0.2) is 13.1 Å². The van der Waals surface area contributed by atoms with Crippen LogP contribution in [-0.2, 0) is 14.8 Å². The van der Waals surface area contributed by atoms with Crippen molar-refractivity contribution in [2.45, 2.75) is 36.7 Å². The average molecular weight is 285 g/mol. The van der Waals surface area contributed by atoms with E-state index >= 15 is 0 Å². The topological polar surface area (TPSA) is 75.6 Å². The lowest BCUT2D eigenvalue weighted by Crippen LogP contribution is -2.29. The number of aromatic hydroxyl groups is 1. The molecule has 1 aromatic carbocycles. The van der Waals surface area contributed by atoms with Crippen LogP contribution < -0.4 is 4.72 Å². The molecule has 0 bridgehead atoms. The molecule has 1 saturated heterocycles. The third-order valence-electron chi connectivity index (χ3n) is 3.19. The van der Waals surface area contributed by atoms with E-state index in [0.29, 0.717) is 13.0 Å². The van der Waals surface area contributed by atoms with E-state index in [4.69, 9.17) is 4.74 Å². The van der Waals surface area contributed by atoms with Crippen LogP contribution in [0.4, 0.5) is 0 Å². The second kappa shape index (κ2) is 6.36. The fourth-order valence-corrected chi connectivity index (χ4v) is 3.29. The van der Waals surface area contributed by atoms with Crippen LogP contribution in [0.25, 0.3) is 0 Å². The van der Waals surface area contributed by atoms with Gasteiger partial charge in [-0.1, -0.05) is 12.1 Å². The molecule has 2 rings (SSSR count). The van der Waals surface area contributed by atoms with E-state index in [1.165, 1.54) is 12.1 Å². The molecule has 1 unspecified atom stereocenters. The fraction of sp³-hybridized carbons (Fsp3) is 0.538. The summed E-state index contributed by atoms with van der Waals surface area (Å²) >= 11 is 0. The molecule has 1 fully saturated rings. The maximum Gasteiger partial charge on any atom is 0.244 e. The molecule has 0 spiro atoms. The number of para-hydroxylation sites is 1. The van der Waals surface area contributed by atoms with E-state index in [2.05, 4.69) is 4.72 Å². The number of rotatable bonds is 5. The molecule has 1 atom stereocenters. The summed E-state index contributed by atoms with van der Waals surface area (Å²) in [6.07, 6.45) is 4.00. The molecule has 0 radical (unpaired) electrons. The summed E-state index contributed by atoms with van der Waals surface area (Å²) in [7, 11) is -3.65. The van der Waals surface area contributed by atoms with Crippen LogP contribution in [0, 0.1) is 0 Å². The van der Waals surface area contributed by atoms with Crippen LogP contribution in [0.3, 0.4) is 0 Å². The first kappa shape index (κ1) is 14.3. The number of sulfonamides is 1. The molecule has 19 heavy (non-hydrogen) atoms. The van der Waals surface area contributed by atoms with E-state index in [-0.39, 0.29) is 16.7 Å². The van der Waals surface area contributed by atoms with Crippen molar-refractivity contribution in [3.05, 3.63) is 24.3 Å². The van der Waals surface area contributed by atoms with E-state index < -0.39 is 10.0 Å². The Hall–Kier alpha value is -1.11. The van der Waals surface area contributed by atoms with Crippen molar-refractivity contribution in [2.24, 2.45) is 0 Å². The van der Waals surface area contributed by atoms with Gasteiger partial charge in [0.05, 0.1) is 6.10 Å². The van der Waals surface area contributed by atoms with E-state index in [9.17, 15) is 13.5 Å². The van der Waals surface area contributed by atoms with Gasteiger partial charge in [-0.3, -0.25) is 0 Å². The number of phenolic OH excluding ortho intramolecular Hbond substituents is 1. The molecule has 1 aromatic rings. The maximum atomic E-state index is 12.0. The smallest absolute Gasteiger partial charge is 0.244 e. The first-order chi connectivity index (χ1) is 9.09. The standard InChI is InChI=1S/C13H19NO4S/c15-12-6-1-2-7-13(12)19(16,17)14-9-8-11-5-3-4-10-18-11/h1-2,6-7,11,14-15H,3-5,8-10H2. The molecular weight excluding hydrogens is 266 g/mol. The highest BCUT2D eigenvalue weighted by molar-refractivity contribution is 7.89. The summed E-state index contributed by atoms with van der Waals surface area (Å²) in [4.78, 5) is -0.0837. The van der Waals surface area contributed by atoms with Crippen molar-refractivity contribution in [2.75, 3.05) is 13.2 Å². The molecular formula is C13H19NO4S. The van der Waals surface area contributed by atoms with Crippen molar-refractivity contribution in [3.8, 4) is 5.75 Å². The lowest BCUT2D eigenvalue weighted by atomic mass is 10.1. The SMILES string of the molecule is O=S(=O)(NCCC1CCCCO1)c1ccccc1O. The maximum absolute atomic E-state index is 12.0. The van der Waals surface area contributed by atoms with Gasteiger partial charge in [-0.2, -0.15) is 0 Å². The Balaban J connectivity index is 1.89. The van der Waals surface area contributed by atoms with Crippen LogP contribution in [0.5, 0.6) is 5.75 Å². The van der Waals surface area contributed by atoms with Gasteiger partial charge in [0, 0.05) is 13.2 Å². The zero-order chi connectivity index (χ0) is 13.7. The first-order valence-electron chi connectivity index (χ1n) is 6.49. The molecule has 1 heterocycles. The molecule has 106 valence electrons. The van der Waals surface area contributed by atoms with Crippen molar-refractivity contribution >= 4 is 10.0 Å². The Morgan fingerprint density at radius 3 is 2.79 bits per heavy atom. The van der Waals surface area contributed by atoms with Gasteiger partial charge in [-0.15, -0.1) is 0 Å². The zero-order valence-electron chi connectivity index (χ0n) is 10.7. The van der Waals surface area contributed by atoms with Gasteiger partial charge < -0.3 is 9.84 Å². The summed E-state index contributed by atoms with van der Waals surface area (Å²) < 4.78 is 32.0. The molecule has 1 aliphatic heterocycles. The van der Waals surface area contributed by atoms with Crippen LogP contribution in [0.1, 0.15) is 25.7 Å². The Morgan fingerprint density at radius 1 is 1.32 bits per heavy atom. The predicted octanol–water partition coefficient (Wildman–Crippen LogP) is 1.63. The van der Waals surface area contributed by atoms with Gasteiger partial charge in [0.2, 0.25) is 10.0 Å². The fourth-order valence-electron chi connectivity index (χ4n) is 2.15. The van der Waals surface area contributed by atoms with Crippen molar-refractivity contribution in [1.82, 2.24) is 4.72 Å². The molecule has 0 amide bonds. The molecule has 6 heteroatoms. The number of phenols is 1. The third-order valence-corrected chi connectivity index (χ3v) is 4.70. The lowest BCUT2D eigenvalue weighted by Gasteiger charge is -2.22. The Morgan fingerprint density at radius 2 is 2.11 bits per heavy atom. The monoisotopic (exact) mass is 285 g/mol. The second-order valence-corrected chi connectivity index (χ2v) is 6.38. The largest absolute Gasteiger partial charge is 0.507 e. The highest BCUT2D eigenvalue weighted by Gasteiger charge is 2.19.